The van der Waals surface area contributed by atoms with Crippen molar-refractivity contribution in [3.8, 4) is 11.8 Å². The van der Waals surface area contributed by atoms with Crippen LogP contribution in [0.2, 0.25) is 5.02 Å². The van der Waals surface area contributed by atoms with E-state index in [0.29, 0.717) is 20.9 Å². The highest BCUT2D eigenvalue weighted by molar-refractivity contribution is 7.07. The SMILES string of the molecule is CN(C)c1ccc(/C=c2\s/c(=C(/C#N)C(=O)Nc3ccc(Cl)cc3)n(-c3ccccc3)c2=O)cc1. The minimum absolute atomic E-state index is 0.159. The lowest BCUT2D eigenvalue weighted by Crippen LogP contribution is -2.32. The molecule has 1 amide bonds. The quantitative estimate of drug-likeness (QED) is 0.452. The molecule has 6 nitrogen and oxygen atoms in total. The lowest BCUT2D eigenvalue weighted by atomic mass is 10.2. The van der Waals surface area contributed by atoms with Gasteiger partial charge in [0.2, 0.25) is 0 Å². The molecule has 0 fully saturated rings. The summed E-state index contributed by atoms with van der Waals surface area (Å²) in [5.74, 6) is -0.609. The number of nitrogens with one attached hydrogen (secondary N) is 1. The Balaban J connectivity index is 1.90. The van der Waals surface area contributed by atoms with Crippen LogP contribution in [0.5, 0.6) is 0 Å². The molecule has 1 N–H and O–H groups in total. The molecule has 1 heterocycles. The van der Waals surface area contributed by atoms with Crippen molar-refractivity contribution in [1.82, 2.24) is 4.57 Å². The first-order valence-electron chi connectivity index (χ1n) is 10.6. The Bertz CT molecular complexity index is 1580. The van der Waals surface area contributed by atoms with Crippen molar-refractivity contribution < 1.29 is 4.79 Å². The van der Waals surface area contributed by atoms with E-state index in [0.717, 1.165) is 22.6 Å². The molecule has 4 rings (SSSR count). The van der Waals surface area contributed by atoms with Crippen LogP contribution in [0.1, 0.15) is 5.56 Å². The summed E-state index contributed by atoms with van der Waals surface area (Å²) in [5, 5.41) is 13.2. The van der Waals surface area contributed by atoms with E-state index in [-0.39, 0.29) is 15.8 Å². The maximum Gasteiger partial charge on any atom is 0.273 e. The molecule has 0 aliphatic heterocycles. The van der Waals surface area contributed by atoms with E-state index >= 15 is 0 Å². The van der Waals surface area contributed by atoms with Crippen LogP contribution in [0, 0.1) is 11.3 Å². The molecular formula is C27H21ClN4O2S. The summed E-state index contributed by atoms with van der Waals surface area (Å²) in [6.45, 7) is 0. The van der Waals surface area contributed by atoms with E-state index in [1.165, 1.54) is 4.57 Å². The molecule has 0 aliphatic rings. The molecule has 3 aromatic carbocycles. The average Bonchev–Trinajstić information content (AvgIpc) is 3.17. The van der Waals surface area contributed by atoms with Crippen molar-refractivity contribution in [3.63, 3.8) is 0 Å². The number of nitriles is 1. The summed E-state index contributed by atoms with van der Waals surface area (Å²) in [6, 6.07) is 25.3. The van der Waals surface area contributed by atoms with Gasteiger partial charge < -0.3 is 10.2 Å². The molecule has 0 aliphatic carbocycles. The van der Waals surface area contributed by atoms with Crippen LogP contribution in [-0.4, -0.2) is 24.6 Å². The number of halogens is 1. The van der Waals surface area contributed by atoms with Gasteiger partial charge in [-0.3, -0.25) is 14.2 Å². The number of nitrogens with zero attached hydrogens (tertiary/aromatic N) is 3. The number of aromatic nitrogens is 1. The second kappa shape index (κ2) is 10.4. The zero-order chi connectivity index (χ0) is 24.9. The number of hydrogen-bond acceptors (Lipinski definition) is 5. The molecule has 1 aromatic heterocycles. The third-order valence-corrected chi connectivity index (χ3v) is 6.54. The molecule has 0 atom stereocenters. The summed E-state index contributed by atoms with van der Waals surface area (Å²) < 4.78 is 2.07. The van der Waals surface area contributed by atoms with Gasteiger partial charge in [-0.25, -0.2) is 0 Å². The maximum atomic E-state index is 13.5. The molecule has 8 heteroatoms. The molecule has 0 unspecified atom stereocenters. The average molecular weight is 501 g/mol. The van der Waals surface area contributed by atoms with E-state index in [9.17, 15) is 14.9 Å². The highest BCUT2D eigenvalue weighted by Gasteiger charge is 2.17. The number of carbonyl (C=O) groups excluding carboxylic acids is 1. The van der Waals surface area contributed by atoms with Crippen molar-refractivity contribution >= 4 is 51.9 Å². The fraction of sp³-hybridized carbons (Fsp3) is 0.0741. The smallest absolute Gasteiger partial charge is 0.273 e. The Morgan fingerprint density at radius 3 is 2.29 bits per heavy atom. The topological polar surface area (TPSA) is 78.1 Å². The number of thiazole rings is 1. The summed E-state index contributed by atoms with van der Waals surface area (Å²) in [6.07, 6.45) is 1.77. The van der Waals surface area contributed by atoms with Gasteiger partial charge in [0.1, 0.15) is 10.7 Å². The van der Waals surface area contributed by atoms with E-state index < -0.39 is 5.91 Å². The molecule has 0 spiro atoms. The summed E-state index contributed by atoms with van der Waals surface area (Å²) in [7, 11) is 3.91. The van der Waals surface area contributed by atoms with Crippen LogP contribution in [0.4, 0.5) is 11.4 Å². The number of amides is 1. The van der Waals surface area contributed by atoms with Crippen molar-refractivity contribution in [2.75, 3.05) is 24.3 Å². The number of carbonyl (C=O) groups is 1. The standard InChI is InChI=1S/C27H21ClN4O2S/c1-31(2)21-14-8-18(9-15-21)16-24-26(34)32(22-6-4-3-5-7-22)27(35-24)23(17-29)25(33)30-20-12-10-19(28)11-13-20/h3-16H,1-2H3,(H,30,33)/b24-16-,27-23-. The summed E-state index contributed by atoms with van der Waals surface area (Å²) in [4.78, 5) is 28.5. The van der Waals surface area contributed by atoms with Crippen molar-refractivity contribution in [1.29, 1.82) is 5.26 Å². The van der Waals surface area contributed by atoms with Crippen molar-refractivity contribution in [3.05, 3.63) is 109 Å². The minimum Gasteiger partial charge on any atom is -0.378 e. The van der Waals surface area contributed by atoms with Crippen LogP contribution >= 0.6 is 22.9 Å². The molecular weight excluding hydrogens is 480 g/mol. The van der Waals surface area contributed by atoms with E-state index in [1.807, 2.05) is 55.4 Å². The van der Waals surface area contributed by atoms with Crippen LogP contribution in [0.15, 0.2) is 83.7 Å². The molecule has 35 heavy (non-hydrogen) atoms. The van der Waals surface area contributed by atoms with Crippen molar-refractivity contribution in [2.45, 2.75) is 0 Å². The van der Waals surface area contributed by atoms with Gasteiger partial charge in [-0.05, 0) is 60.2 Å². The summed E-state index contributed by atoms with van der Waals surface area (Å²) >= 11 is 7.02. The van der Waals surface area contributed by atoms with Gasteiger partial charge in [0.25, 0.3) is 11.5 Å². The van der Waals surface area contributed by atoms with Crippen LogP contribution in [0.25, 0.3) is 17.3 Å². The van der Waals surface area contributed by atoms with Crippen LogP contribution in [0.3, 0.4) is 0 Å². The van der Waals surface area contributed by atoms with E-state index in [2.05, 4.69) is 5.32 Å². The van der Waals surface area contributed by atoms with Crippen LogP contribution < -0.4 is 25.0 Å². The van der Waals surface area contributed by atoms with E-state index in [1.54, 1.807) is 54.6 Å². The molecule has 0 saturated carbocycles. The summed E-state index contributed by atoms with van der Waals surface area (Å²) in [5.41, 5.74) is 2.47. The van der Waals surface area contributed by atoms with Gasteiger partial charge in [0.05, 0.1) is 10.2 Å². The minimum atomic E-state index is -0.609. The molecule has 4 aromatic rings. The third-order valence-electron chi connectivity index (χ3n) is 5.20. The monoisotopic (exact) mass is 500 g/mol. The fourth-order valence-corrected chi connectivity index (χ4v) is 4.63. The Morgan fingerprint density at radius 2 is 1.69 bits per heavy atom. The second-order valence-corrected chi connectivity index (χ2v) is 9.29. The molecule has 174 valence electrons. The number of rotatable bonds is 5. The Labute approximate surface area is 211 Å². The number of anilines is 2. The lowest BCUT2D eigenvalue weighted by molar-refractivity contribution is -0.111. The number of hydrogen-bond donors (Lipinski definition) is 1. The first-order chi connectivity index (χ1) is 16.9. The number of para-hydroxylation sites is 1. The molecule has 0 saturated heterocycles. The Kier molecular flexibility index (Phi) is 7.16. The predicted octanol–water partition coefficient (Wildman–Crippen LogP) is 3.76. The van der Waals surface area contributed by atoms with Gasteiger partial charge in [0.15, 0.2) is 5.57 Å². The first kappa shape index (κ1) is 24.0. The maximum absolute atomic E-state index is 13.5. The highest BCUT2D eigenvalue weighted by atomic mass is 35.5. The zero-order valence-electron chi connectivity index (χ0n) is 19.0. The zero-order valence-corrected chi connectivity index (χ0v) is 20.6. The lowest BCUT2D eigenvalue weighted by Gasteiger charge is -2.11. The Morgan fingerprint density at radius 1 is 1.03 bits per heavy atom. The van der Waals surface area contributed by atoms with Gasteiger partial charge in [-0.1, -0.05) is 41.9 Å². The van der Waals surface area contributed by atoms with E-state index in [4.69, 9.17) is 11.6 Å². The van der Waals surface area contributed by atoms with Crippen molar-refractivity contribution in [2.24, 2.45) is 0 Å². The van der Waals surface area contributed by atoms with Gasteiger partial charge >= 0.3 is 0 Å². The number of benzene rings is 3. The molecule has 0 bridgehead atoms. The Hall–Kier alpha value is -4.12. The van der Waals surface area contributed by atoms with Gasteiger partial charge in [0, 0.05) is 30.5 Å². The predicted molar refractivity (Wildman–Crippen MR) is 143 cm³/mol. The first-order valence-corrected chi connectivity index (χ1v) is 11.8. The fourth-order valence-electron chi connectivity index (χ4n) is 3.40. The highest BCUT2D eigenvalue weighted by Crippen LogP contribution is 2.15. The third kappa shape index (κ3) is 5.35. The largest absolute Gasteiger partial charge is 0.378 e. The van der Waals surface area contributed by atoms with Gasteiger partial charge in [-0.15, -0.1) is 11.3 Å². The second-order valence-electron chi connectivity index (χ2n) is 7.83. The van der Waals surface area contributed by atoms with Crippen LogP contribution in [-0.2, 0) is 4.79 Å². The van der Waals surface area contributed by atoms with Gasteiger partial charge in [-0.2, -0.15) is 5.26 Å². The normalized spacial score (nSPS) is 12.1. The molecule has 0 radical (unpaired) electrons.